The van der Waals surface area contributed by atoms with Crippen LogP contribution in [0.4, 0.5) is 5.69 Å². The van der Waals surface area contributed by atoms with Crippen LogP contribution in [-0.2, 0) is 5.75 Å². The Hall–Kier alpha value is -1.49. The maximum atomic E-state index is 6.10. The van der Waals surface area contributed by atoms with Gasteiger partial charge in [0.15, 0.2) is 5.82 Å². The molecule has 2 N–H and O–H groups in total. The van der Waals surface area contributed by atoms with E-state index in [0.29, 0.717) is 17.5 Å². The fourth-order valence-corrected chi connectivity index (χ4v) is 2.85. The molecular weight excluding hydrogens is 270 g/mol. The highest BCUT2D eigenvalue weighted by Crippen LogP contribution is 2.29. The summed E-state index contributed by atoms with van der Waals surface area (Å²) >= 11 is 1.82. The molecule has 0 aliphatic heterocycles. The van der Waals surface area contributed by atoms with Crippen molar-refractivity contribution in [1.82, 2.24) is 10.1 Å². The Bertz CT molecular complexity index is 593. The second-order valence-corrected chi connectivity index (χ2v) is 6.50. The van der Waals surface area contributed by atoms with Gasteiger partial charge in [0.2, 0.25) is 0 Å². The highest BCUT2D eigenvalue weighted by atomic mass is 32.2. The summed E-state index contributed by atoms with van der Waals surface area (Å²) in [5, 5.41) is 4.03. The third-order valence-electron chi connectivity index (χ3n) is 2.91. The van der Waals surface area contributed by atoms with Crippen LogP contribution in [0, 0.1) is 19.8 Å². The van der Waals surface area contributed by atoms with E-state index in [4.69, 9.17) is 10.3 Å². The molecule has 20 heavy (non-hydrogen) atoms. The third kappa shape index (κ3) is 3.54. The van der Waals surface area contributed by atoms with E-state index < -0.39 is 0 Å². The predicted molar refractivity (Wildman–Crippen MR) is 84.6 cm³/mol. The van der Waals surface area contributed by atoms with E-state index in [0.717, 1.165) is 34.0 Å². The summed E-state index contributed by atoms with van der Waals surface area (Å²) in [5.41, 5.74) is 9.81. The summed E-state index contributed by atoms with van der Waals surface area (Å²) in [6.07, 6.45) is 0. The van der Waals surface area contributed by atoms with Crippen LogP contribution in [0.15, 0.2) is 16.7 Å². The Kier molecular flexibility index (Phi) is 4.70. The first kappa shape index (κ1) is 14.9. The molecule has 0 saturated heterocycles. The zero-order valence-electron chi connectivity index (χ0n) is 12.4. The van der Waals surface area contributed by atoms with Crippen LogP contribution in [0.25, 0.3) is 11.5 Å². The Morgan fingerprint density at radius 3 is 2.75 bits per heavy atom. The van der Waals surface area contributed by atoms with Crippen LogP contribution in [0.5, 0.6) is 0 Å². The summed E-state index contributed by atoms with van der Waals surface area (Å²) in [6, 6.07) is 4.04. The molecule has 1 heterocycles. The summed E-state index contributed by atoms with van der Waals surface area (Å²) in [7, 11) is 0. The minimum absolute atomic E-state index is 0.509. The average molecular weight is 291 g/mol. The predicted octanol–water partition coefficient (Wildman–Crippen LogP) is 3.82. The van der Waals surface area contributed by atoms with Crippen molar-refractivity contribution in [2.24, 2.45) is 5.92 Å². The van der Waals surface area contributed by atoms with Gasteiger partial charge < -0.3 is 10.3 Å². The van der Waals surface area contributed by atoms with Gasteiger partial charge in [-0.05, 0) is 42.7 Å². The van der Waals surface area contributed by atoms with Crippen molar-refractivity contribution in [3.63, 3.8) is 0 Å². The van der Waals surface area contributed by atoms with Crippen molar-refractivity contribution < 1.29 is 4.52 Å². The van der Waals surface area contributed by atoms with Crippen LogP contribution >= 0.6 is 11.8 Å². The molecule has 0 radical (unpaired) electrons. The Labute approximate surface area is 124 Å². The van der Waals surface area contributed by atoms with Gasteiger partial charge in [-0.25, -0.2) is 0 Å². The molecule has 0 bridgehead atoms. The maximum Gasteiger partial charge on any atom is 0.260 e. The van der Waals surface area contributed by atoms with Gasteiger partial charge in [-0.1, -0.05) is 25.1 Å². The number of nitrogen functional groups attached to an aromatic ring is 1. The minimum atomic E-state index is 0.509. The first-order chi connectivity index (χ1) is 9.47. The van der Waals surface area contributed by atoms with E-state index >= 15 is 0 Å². The highest BCUT2D eigenvalue weighted by Gasteiger charge is 2.13. The van der Waals surface area contributed by atoms with Crippen LogP contribution in [0.1, 0.15) is 30.8 Å². The Morgan fingerprint density at radius 2 is 2.05 bits per heavy atom. The lowest BCUT2D eigenvalue weighted by Crippen LogP contribution is -1.95. The van der Waals surface area contributed by atoms with Crippen LogP contribution in [0.3, 0.4) is 0 Å². The number of hydrogen-bond acceptors (Lipinski definition) is 5. The van der Waals surface area contributed by atoms with E-state index in [2.05, 4.69) is 30.1 Å². The number of anilines is 1. The summed E-state index contributed by atoms with van der Waals surface area (Å²) in [5.74, 6) is 3.77. The number of nitrogens with two attached hydrogens (primary N) is 1. The number of hydrogen-bond donors (Lipinski definition) is 1. The second kappa shape index (κ2) is 6.31. The normalized spacial score (nSPS) is 11.2. The monoisotopic (exact) mass is 291 g/mol. The van der Waals surface area contributed by atoms with Gasteiger partial charge in [0.25, 0.3) is 5.89 Å². The zero-order chi connectivity index (χ0) is 14.7. The molecule has 0 spiro atoms. The van der Waals surface area contributed by atoms with Gasteiger partial charge in [0.1, 0.15) is 0 Å². The van der Waals surface area contributed by atoms with Gasteiger partial charge in [-0.15, -0.1) is 0 Å². The molecule has 0 aliphatic carbocycles. The molecule has 1 aromatic carbocycles. The molecule has 0 unspecified atom stereocenters. The lowest BCUT2D eigenvalue weighted by Gasteiger charge is -2.06. The van der Waals surface area contributed by atoms with E-state index in [9.17, 15) is 0 Å². The molecule has 0 atom stereocenters. The molecule has 0 amide bonds. The van der Waals surface area contributed by atoms with Gasteiger partial charge in [0.05, 0.1) is 11.3 Å². The van der Waals surface area contributed by atoms with Crippen LogP contribution in [0.2, 0.25) is 0 Å². The molecule has 0 fully saturated rings. The van der Waals surface area contributed by atoms with Crippen LogP contribution < -0.4 is 5.73 Å². The molecule has 4 nitrogen and oxygen atoms in total. The standard InChI is InChI=1S/C15H21N3OS/c1-9(2)7-20-8-13-17-15(19-18-13)12-6-10(3)5-11(4)14(12)16/h5-6,9H,7-8,16H2,1-4H3. The van der Waals surface area contributed by atoms with Gasteiger partial charge >= 0.3 is 0 Å². The van der Waals surface area contributed by atoms with Gasteiger partial charge in [-0.3, -0.25) is 0 Å². The first-order valence-corrected chi connectivity index (χ1v) is 7.90. The largest absolute Gasteiger partial charge is 0.398 e. The molecular formula is C15H21N3OS. The van der Waals surface area contributed by atoms with Crippen molar-refractivity contribution in [2.75, 3.05) is 11.5 Å². The second-order valence-electron chi connectivity index (χ2n) is 5.47. The fourth-order valence-electron chi connectivity index (χ4n) is 1.96. The summed E-state index contributed by atoms with van der Waals surface area (Å²) in [6.45, 7) is 8.42. The molecule has 108 valence electrons. The number of rotatable bonds is 5. The molecule has 2 aromatic rings. The summed E-state index contributed by atoms with van der Waals surface area (Å²) in [4.78, 5) is 4.44. The van der Waals surface area contributed by atoms with Gasteiger partial charge in [-0.2, -0.15) is 16.7 Å². The van der Waals surface area contributed by atoms with E-state index in [-0.39, 0.29) is 0 Å². The number of nitrogens with zero attached hydrogens (tertiary/aromatic N) is 2. The van der Waals surface area contributed by atoms with Crippen molar-refractivity contribution in [2.45, 2.75) is 33.4 Å². The topological polar surface area (TPSA) is 64.9 Å². The van der Waals surface area contributed by atoms with Crippen molar-refractivity contribution >= 4 is 17.4 Å². The Balaban J connectivity index is 2.16. The van der Waals surface area contributed by atoms with Crippen LogP contribution in [-0.4, -0.2) is 15.9 Å². The minimum Gasteiger partial charge on any atom is -0.398 e. The van der Waals surface area contributed by atoms with Crippen molar-refractivity contribution in [1.29, 1.82) is 0 Å². The SMILES string of the molecule is Cc1cc(C)c(N)c(-c2nc(CSCC(C)C)no2)c1. The van der Waals surface area contributed by atoms with E-state index in [1.165, 1.54) is 0 Å². The lowest BCUT2D eigenvalue weighted by molar-refractivity contribution is 0.425. The first-order valence-electron chi connectivity index (χ1n) is 6.74. The van der Waals surface area contributed by atoms with Crippen molar-refractivity contribution in [3.05, 3.63) is 29.1 Å². The number of thioether (sulfide) groups is 1. The zero-order valence-corrected chi connectivity index (χ0v) is 13.3. The highest BCUT2D eigenvalue weighted by molar-refractivity contribution is 7.98. The maximum absolute atomic E-state index is 6.10. The molecule has 5 heteroatoms. The molecule has 2 rings (SSSR count). The number of aryl methyl sites for hydroxylation is 2. The quantitative estimate of drug-likeness (QED) is 0.848. The lowest BCUT2D eigenvalue weighted by atomic mass is 10.0. The average Bonchev–Trinajstić information content (AvgIpc) is 2.82. The van der Waals surface area contributed by atoms with E-state index in [1.807, 2.05) is 31.7 Å². The third-order valence-corrected chi connectivity index (χ3v) is 4.28. The molecule has 1 aromatic heterocycles. The Morgan fingerprint density at radius 1 is 1.30 bits per heavy atom. The summed E-state index contributed by atoms with van der Waals surface area (Å²) < 4.78 is 5.34. The molecule has 0 saturated carbocycles. The molecule has 0 aliphatic rings. The smallest absolute Gasteiger partial charge is 0.260 e. The number of benzene rings is 1. The van der Waals surface area contributed by atoms with E-state index in [1.54, 1.807) is 0 Å². The fraction of sp³-hybridized carbons (Fsp3) is 0.467. The van der Waals surface area contributed by atoms with Crippen molar-refractivity contribution in [3.8, 4) is 11.5 Å². The number of aromatic nitrogens is 2. The van der Waals surface area contributed by atoms with Gasteiger partial charge in [0, 0.05) is 5.69 Å².